The lowest BCUT2D eigenvalue weighted by Crippen LogP contribution is -2.47. The van der Waals surface area contributed by atoms with Gasteiger partial charge in [0.15, 0.2) is 0 Å². The van der Waals surface area contributed by atoms with Gasteiger partial charge in [-0.15, -0.1) is 0 Å². The zero-order valence-electron chi connectivity index (χ0n) is 14.8. The summed E-state index contributed by atoms with van der Waals surface area (Å²) in [6.07, 6.45) is 5.66. The second-order valence-electron chi connectivity index (χ2n) is 7.90. The molecule has 21 heavy (non-hydrogen) atoms. The van der Waals surface area contributed by atoms with Gasteiger partial charge in [-0.2, -0.15) is 0 Å². The van der Waals surface area contributed by atoms with Crippen LogP contribution in [0, 0.1) is 11.8 Å². The minimum absolute atomic E-state index is 0.707. The van der Waals surface area contributed by atoms with Crippen molar-refractivity contribution in [2.75, 3.05) is 39.3 Å². The molecule has 124 valence electrons. The van der Waals surface area contributed by atoms with E-state index in [0.717, 1.165) is 31.0 Å². The molecule has 1 N–H and O–H groups in total. The van der Waals surface area contributed by atoms with Crippen molar-refractivity contribution >= 4 is 0 Å². The SMILES string of the molecule is CC(C)CNCC(C(C)C)N1CCC(N2CCCCC2)C1. The van der Waals surface area contributed by atoms with Crippen molar-refractivity contribution in [3.8, 4) is 0 Å². The van der Waals surface area contributed by atoms with Crippen LogP contribution in [0.3, 0.4) is 0 Å². The van der Waals surface area contributed by atoms with Crippen LogP contribution in [0.15, 0.2) is 0 Å². The Morgan fingerprint density at radius 2 is 1.67 bits per heavy atom. The quantitative estimate of drug-likeness (QED) is 0.779. The van der Waals surface area contributed by atoms with Gasteiger partial charge in [0.25, 0.3) is 0 Å². The maximum atomic E-state index is 3.68. The Bertz CT molecular complexity index is 284. The summed E-state index contributed by atoms with van der Waals surface area (Å²) in [4.78, 5) is 5.53. The Balaban J connectivity index is 1.81. The number of likely N-dealkylation sites (tertiary alicyclic amines) is 2. The molecular weight excluding hydrogens is 258 g/mol. The molecule has 0 aromatic rings. The molecule has 2 aliphatic heterocycles. The van der Waals surface area contributed by atoms with Crippen LogP contribution in [0.4, 0.5) is 0 Å². The molecule has 2 rings (SSSR count). The van der Waals surface area contributed by atoms with Crippen LogP contribution in [0.5, 0.6) is 0 Å². The van der Waals surface area contributed by atoms with E-state index in [0.29, 0.717) is 6.04 Å². The van der Waals surface area contributed by atoms with Crippen molar-refractivity contribution < 1.29 is 0 Å². The van der Waals surface area contributed by atoms with Gasteiger partial charge in [0, 0.05) is 31.7 Å². The average molecular weight is 296 g/mol. The number of nitrogens with one attached hydrogen (secondary N) is 1. The van der Waals surface area contributed by atoms with Crippen LogP contribution in [0.1, 0.15) is 53.4 Å². The Morgan fingerprint density at radius 3 is 2.29 bits per heavy atom. The Morgan fingerprint density at radius 1 is 0.952 bits per heavy atom. The number of rotatable bonds is 7. The summed E-state index contributed by atoms with van der Waals surface area (Å²) in [6.45, 7) is 16.9. The van der Waals surface area contributed by atoms with E-state index in [2.05, 4.69) is 42.8 Å². The molecule has 2 fully saturated rings. The van der Waals surface area contributed by atoms with E-state index >= 15 is 0 Å². The minimum atomic E-state index is 0.707. The van der Waals surface area contributed by atoms with Crippen molar-refractivity contribution in [1.29, 1.82) is 0 Å². The fourth-order valence-corrected chi connectivity index (χ4v) is 3.96. The summed E-state index contributed by atoms with van der Waals surface area (Å²) in [5.41, 5.74) is 0. The van der Waals surface area contributed by atoms with Gasteiger partial charge in [-0.05, 0) is 50.7 Å². The lowest BCUT2D eigenvalue weighted by atomic mass is 10.0. The maximum absolute atomic E-state index is 3.68. The second kappa shape index (κ2) is 8.50. The fraction of sp³-hybridized carbons (Fsp3) is 1.00. The van der Waals surface area contributed by atoms with Crippen LogP contribution < -0.4 is 5.32 Å². The lowest BCUT2D eigenvalue weighted by Gasteiger charge is -2.35. The molecule has 2 heterocycles. The van der Waals surface area contributed by atoms with Crippen LogP contribution in [0.25, 0.3) is 0 Å². The number of nitrogens with zero attached hydrogens (tertiary/aromatic N) is 2. The van der Waals surface area contributed by atoms with Crippen molar-refractivity contribution in [3.05, 3.63) is 0 Å². The summed E-state index contributed by atoms with van der Waals surface area (Å²) in [5.74, 6) is 1.49. The number of hydrogen-bond donors (Lipinski definition) is 1. The van der Waals surface area contributed by atoms with Crippen LogP contribution in [-0.4, -0.2) is 61.2 Å². The monoisotopic (exact) mass is 295 g/mol. The first-order chi connectivity index (χ1) is 10.1. The standard InChI is InChI=1S/C18H37N3/c1-15(2)12-19-13-18(16(3)4)21-11-8-17(14-21)20-9-6-5-7-10-20/h15-19H,5-14H2,1-4H3. The number of hydrogen-bond acceptors (Lipinski definition) is 3. The molecular formula is C18H37N3. The summed E-state index contributed by atoms with van der Waals surface area (Å²) in [7, 11) is 0. The number of piperidine rings is 1. The molecule has 0 aliphatic carbocycles. The predicted molar refractivity (Wildman–Crippen MR) is 91.7 cm³/mol. The Hall–Kier alpha value is -0.120. The molecule has 0 aromatic heterocycles. The molecule has 0 radical (unpaired) electrons. The van der Waals surface area contributed by atoms with E-state index in [1.807, 2.05) is 0 Å². The highest BCUT2D eigenvalue weighted by Gasteiger charge is 2.32. The molecule has 0 saturated carbocycles. The molecule has 2 unspecified atom stereocenters. The summed E-state index contributed by atoms with van der Waals surface area (Å²) < 4.78 is 0. The molecule has 3 heteroatoms. The lowest BCUT2D eigenvalue weighted by molar-refractivity contribution is 0.137. The van der Waals surface area contributed by atoms with Crippen molar-refractivity contribution in [3.63, 3.8) is 0 Å². The maximum Gasteiger partial charge on any atom is 0.0244 e. The van der Waals surface area contributed by atoms with Gasteiger partial charge < -0.3 is 5.32 Å². The third-order valence-corrected chi connectivity index (χ3v) is 5.25. The van der Waals surface area contributed by atoms with Gasteiger partial charge in [0.05, 0.1) is 0 Å². The molecule has 2 aliphatic rings. The third kappa shape index (κ3) is 5.22. The van der Waals surface area contributed by atoms with Crippen LogP contribution >= 0.6 is 0 Å². The van der Waals surface area contributed by atoms with E-state index in [9.17, 15) is 0 Å². The van der Waals surface area contributed by atoms with E-state index < -0.39 is 0 Å². The van der Waals surface area contributed by atoms with Gasteiger partial charge in [0.2, 0.25) is 0 Å². The van der Waals surface area contributed by atoms with E-state index in [1.54, 1.807) is 0 Å². The van der Waals surface area contributed by atoms with Gasteiger partial charge >= 0.3 is 0 Å². The zero-order chi connectivity index (χ0) is 15.2. The first-order valence-electron chi connectivity index (χ1n) is 9.26. The smallest absolute Gasteiger partial charge is 0.0244 e. The van der Waals surface area contributed by atoms with Crippen molar-refractivity contribution in [2.24, 2.45) is 11.8 Å². The Kier molecular flexibility index (Phi) is 6.97. The van der Waals surface area contributed by atoms with Crippen molar-refractivity contribution in [1.82, 2.24) is 15.1 Å². The van der Waals surface area contributed by atoms with E-state index in [1.165, 1.54) is 51.9 Å². The highest BCUT2D eigenvalue weighted by atomic mass is 15.3. The third-order valence-electron chi connectivity index (χ3n) is 5.25. The average Bonchev–Trinajstić information content (AvgIpc) is 2.93. The van der Waals surface area contributed by atoms with E-state index in [4.69, 9.17) is 0 Å². The van der Waals surface area contributed by atoms with Gasteiger partial charge in [-0.25, -0.2) is 0 Å². The normalized spacial score (nSPS) is 26.9. The van der Waals surface area contributed by atoms with Crippen LogP contribution in [0.2, 0.25) is 0 Å². The minimum Gasteiger partial charge on any atom is -0.315 e. The second-order valence-corrected chi connectivity index (χ2v) is 7.90. The molecule has 2 atom stereocenters. The highest BCUT2D eigenvalue weighted by Crippen LogP contribution is 2.23. The van der Waals surface area contributed by atoms with Gasteiger partial charge in [0.1, 0.15) is 0 Å². The summed E-state index contributed by atoms with van der Waals surface area (Å²) in [6, 6.07) is 1.54. The van der Waals surface area contributed by atoms with Gasteiger partial charge in [-0.1, -0.05) is 34.1 Å². The Labute approximate surface area is 132 Å². The summed E-state index contributed by atoms with van der Waals surface area (Å²) >= 11 is 0. The first-order valence-corrected chi connectivity index (χ1v) is 9.26. The first kappa shape index (κ1) is 17.2. The fourth-order valence-electron chi connectivity index (χ4n) is 3.96. The zero-order valence-corrected chi connectivity index (χ0v) is 14.8. The molecule has 3 nitrogen and oxygen atoms in total. The van der Waals surface area contributed by atoms with Crippen LogP contribution in [-0.2, 0) is 0 Å². The molecule has 0 aromatic carbocycles. The van der Waals surface area contributed by atoms with E-state index in [-0.39, 0.29) is 0 Å². The topological polar surface area (TPSA) is 18.5 Å². The largest absolute Gasteiger partial charge is 0.315 e. The molecule has 2 saturated heterocycles. The van der Waals surface area contributed by atoms with Gasteiger partial charge in [-0.3, -0.25) is 9.80 Å². The molecule has 0 spiro atoms. The summed E-state index contributed by atoms with van der Waals surface area (Å²) in [5, 5.41) is 3.68. The highest BCUT2D eigenvalue weighted by molar-refractivity contribution is 4.89. The predicted octanol–water partition coefficient (Wildman–Crippen LogP) is 2.82. The van der Waals surface area contributed by atoms with Crippen molar-refractivity contribution in [2.45, 2.75) is 65.5 Å². The molecule has 0 amide bonds. The molecule has 0 bridgehead atoms.